The number of anilines is 1. The lowest BCUT2D eigenvalue weighted by Gasteiger charge is -2.43. The third kappa shape index (κ3) is 7.11. The molecule has 43 heavy (non-hydrogen) atoms. The van der Waals surface area contributed by atoms with E-state index >= 15 is 0 Å². The zero-order chi connectivity index (χ0) is 29.6. The van der Waals surface area contributed by atoms with Crippen LogP contribution in [0.2, 0.25) is 0 Å². The second-order valence-electron chi connectivity index (χ2n) is 11.8. The van der Waals surface area contributed by atoms with Gasteiger partial charge >= 0.3 is 0 Å². The molecule has 230 valence electrons. The molecule has 3 aliphatic rings. The second kappa shape index (κ2) is 13.8. The fourth-order valence-electron chi connectivity index (χ4n) is 6.53. The Morgan fingerprint density at radius 1 is 0.953 bits per heavy atom. The minimum Gasteiger partial charge on any atom is -0.390 e. The zero-order valence-corrected chi connectivity index (χ0v) is 25.5. The van der Waals surface area contributed by atoms with Crippen LogP contribution in [0.5, 0.6) is 0 Å². The molecule has 1 aromatic heterocycles. The molecule has 0 saturated carbocycles. The first-order valence-corrected chi connectivity index (χ1v) is 16.2. The van der Waals surface area contributed by atoms with Gasteiger partial charge in [0.15, 0.2) is 0 Å². The average molecular weight is 608 g/mol. The van der Waals surface area contributed by atoms with Gasteiger partial charge in [0.05, 0.1) is 26.0 Å². The van der Waals surface area contributed by atoms with Crippen LogP contribution in [-0.2, 0) is 16.1 Å². The Kier molecular flexibility index (Phi) is 9.71. The minimum absolute atomic E-state index is 0.0614. The number of morpholine rings is 1. The third-order valence-electron chi connectivity index (χ3n) is 8.95. The first kappa shape index (κ1) is 30.2. The van der Waals surface area contributed by atoms with Crippen LogP contribution in [0.4, 0.5) is 10.1 Å². The maximum atomic E-state index is 14.1. The van der Waals surface area contributed by atoms with E-state index in [0.717, 1.165) is 64.7 Å². The van der Waals surface area contributed by atoms with Gasteiger partial charge in [-0.1, -0.05) is 30.3 Å². The number of rotatable bonds is 11. The molecule has 1 spiro atoms. The molecule has 3 saturated heterocycles. The number of carbonyl (C=O) groups is 1. The third-order valence-corrected chi connectivity index (χ3v) is 10.1. The van der Waals surface area contributed by atoms with Crippen LogP contribution < -0.4 is 10.2 Å². The predicted molar refractivity (Wildman–Crippen MR) is 169 cm³/mol. The molecule has 0 radical (unpaired) electrons. The Bertz CT molecular complexity index is 1330. The number of benzene rings is 2. The number of carbonyl (C=O) groups excluding carboxylic acids is 1. The molecule has 4 heterocycles. The SMILES string of the molecule is O=C1N(CC(O)CNCCN2CCOCC2)CN(c2ccc(F)cc2)C12CCN(Cc1ccc(-c3ccccc3)s1)CC2. The summed E-state index contributed by atoms with van der Waals surface area (Å²) in [4.78, 5) is 25.4. The maximum absolute atomic E-state index is 14.1. The fraction of sp³-hybridized carbons (Fsp3) is 0.485. The largest absolute Gasteiger partial charge is 0.390 e. The van der Waals surface area contributed by atoms with Crippen molar-refractivity contribution in [2.75, 3.05) is 77.1 Å². The molecule has 3 fully saturated rings. The summed E-state index contributed by atoms with van der Waals surface area (Å²) in [5, 5.41) is 14.2. The molecule has 3 aromatic rings. The van der Waals surface area contributed by atoms with Crippen molar-refractivity contribution < 1.29 is 19.0 Å². The number of ether oxygens (including phenoxy) is 1. The van der Waals surface area contributed by atoms with Crippen LogP contribution in [0.3, 0.4) is 0 Å². The number of hydrogen-bond acceptors (Lipinski definition) is 8. The number of likely N-dealkylation sites (tertiary alicyclic amines) is 1. The fourth-order valence-corrected chi connectivity index (χ4v) is 7.58. The highest BCUT2D eigenvalue weighted by molar-refractivity contribution is 7.15. The van der Waals surface area contributed by atoms with Gasteiger partial charge in [-0.25, -0.2) is 4.39 Å². The van der Waals surface area contributed by atoms with Crippen molar-refractivity contribution in [3.8, 4) is 10.4 Å². The van der Waals surface area contributed by atoms with Gasteiger partial charge in [0.1, 0.15) is 11.4 Å². The van der Waals surface area contributed by atoms with Crippen molar-refractivity contribution in [2.45, 2.75) is 31.0 Å². The number of hydrogen-bond donors (Lipinski definition) is 2. The number of β-amino-alcohol motifs (C(OH)–C–C–N with tert-alkyl or cyclic N) is 1. The summed E-state index contributed by atoms with van der Waals surface area (Å²) >= 11 is 1.82. The number of thiophene rings is 1. The van der Waals surface area contributed by atoms with Crippen LogP contribution in [0.25, 0.3) is 10.4 Å². The van der Waals surface area contributed by atoms with E-state index in [4.69, 9.17) is 4.74 Å². The number of halogens is 1. The maximum Gasteiger partial charge on any atom is 0.250 e. The lowest BCUT2D eigenvalue weighted by molar-refractivity contribution is -0.134. The molecule has 3 aliphatic heterocycles. The zero-order valence-electron chi connectivity index (χ0n) is 24.7. The van der Waals surface area contributed by atoms with Crippen molar-refractivity contribution in [3.63, 3.8) is 0 Å². The first-order chi connectivity index (χ1) is 21.0. The summed E-state index contributed by atoms with van der Waals surface area (Å²) in [5.41, 5.74) is 1.38. The molecule has 0 aliphatic carbocycles. The Morgan fingerprint density at radius 3 is 2.44 bits per heavy atom. The Balaban J connectivity index is 1.07. The van der Waals surface area contributed by atoms with Crippen LogP contribution in [0.1, 0.15) is 17.7 Å². The van der Waals surface area contributed by atoms with Crippen LogP contribution in [-0.4, -0.2) is 110 Å². The van der Waals surface area contributed by atoms with E-state index in [2.05, 4.69) is 56.4 Å². The van der Waals surface area contributed by atoms with Gasteiger partial charge in [-0.15, -0.1) is 11.3 Å². The van der Waals surface area contributed by atoms with Gasteiger partial charge < -0.3 is 25.0 Å². The number of nitrogens with one attached hydrogen (secondary N) is 1. The van der Waals surface area contributed by atoms with Gasteiger partial charge in [-0.2, -0.15) is 0 Å². The van der Waals surface area contributed by atoms with Gasteiger partial charge in [0.25, 0.3) is 0 Å². The molecular formula is C33H42FN5O3S. The molecule has 1 atom stereocenters. The molecule has 1 amide bonds. The monoisotopic (exact) mass is 607 g/mol. The van der Waals surface area contributed by atoms with Crippen molar-refractivity contribution in [2.24, 2.45) is 0 Å². The average Bonchev–Trinajstić information content (AvgIpc) is 3.61. The smallest absolute Gasteiger partial charge is 0.250 e. The molecule has 0 bridgehead atoms. The van der Waals surface area contributed by atoms with Gasteiger partial charge in [-0.3, -0.25) is 14.6 Å². The highest BCUT2D eigenvalue weighted by Gasteiger charge is 2.53. The molecule has 10 heteroatoms. The summed E-state index contributed by atoms with van der Waals surface area (Å²) in [6.07, 6.45) is 0.700. The highest BCUT2D eigenvalue weighted by Crippen LogP contribution is 2.40. The summed E-state index contributed by atoms with van der Waals surface area (Å²) in [5.74, 6) is -0.231. The Morgan fingerprint density at radius 2 is 1.70 bits per heavy atom. The first-order valence-electron chi connectivity index (χ1n) is 15.4. The van der Waals surface area contributed by atoms with E-state index in [-0.39, 0.29) is 18.3 Å². The standard InChI is InChI=1S/C33H42FN5O3S/c34-27-6-8-28(9-7-27)39-25-38(23-29(40)22-35-14-17-36-18-20-42-21-19-36)32(41)33(39)12-15-37(16-13-33)24-30-10-11-31(43-30)26-4-2-1-3-5-26/h1-11,29,35,40H,12-25H2. The van der Waals surface area contributed by atoms with Crippen LogP contribution in [0, 0.1) is 5.82 Å². The van der Waals surface area contributed by atoms with E-state index in [1.54, 1.807) is 17.0 Å². The molecular weight excluding hydrogens is 565 g/mol. The summed E-state index contributed by atoms with van der Waals surface area (Å²) < 4.78 is 19.2. The van der Waals surface area contributed by atoms with Crippen LogP contribution >= 0.6 is 11.3 Å². The van der Waals surface area contributed by atoms with E-state index < -0.39 is 11.6 Å². The van der Waals surface area contributed by atoms with Gasteiger partial charge in [-0.05, 0) is 54.8 Å². The van der Waals surface area contributed by atoms with E-state index in [9.17, 15) is 14.3 Å². The lowest BCUT2D eigenvalue weighted by atomic mass is 9.85. The molecule has 1 unspecified atom stereocenters. The highest BCUT2D eigenvalue weighted by atomic mass is 32.1. The summed E-state index contributed by atoms with van der Waals surface area (Å²) in [7, 11) is 0. The van der Waals surface area contributed by atoms with Gasteiger partial charge in [0.2, 0.25) is 5.91 Å². The second-order valence-corrected chi connectivity index (χ2v) is 13.0. The Hall–Kier alpha value is -2.86. The molecule has 8 nitrogen and oxygen atoms in total. The topological polar surface area (TPSA) is 71.5 Å². The van der Waals surface area contributed by atoms with Gasteiger partial charge in [0, 0.05) is 74.3 Å². The lowest BCUT2D eigenvalue weighted by Crippen LogP contribution is -2.56. The number of amides is 1. The van der Waals surface area contributed by atoms with Crippen molar-refractivity contribution >= 4 is 22.9 Å². The summed E-state index contributed by atoms with van der Waals surface area (Å²) in [6, 6.07) is 21.3. The van der Waals surface area contributed by atoms with E-state index in [1.807, 2.05) is 17.4 Å². The minimum atomic E-state index is -0.692. The predicted octanol–water partition coefficient (Wildman–Crippen LogP) is 3.48. The number of piperidine rings is 1. The van der Waals surface area contributed by atoms with E-state index in [0.29, 0.717) is 26.1 Å². The number of aliphatic hydroxyl groups is 1. The Labute approximate surface area is 257 Å². The number of aliphatic hydroxyl groups excluding tert-OH is 1. The van der Waals surface area contributed by atoms with Crippen molar-refractivity contribution in [1.29, 1.82) is 0 Å². The quantitative estimate of drug-likeness (QED) is 0.324. The van der Waals surface area contributed by atoms with Crippen molar-refractivity contribution in [1.82, 2.24) is 20.0 Å². The normalized spacial score (nSPS) is 20.3. The van der Waals surface area contributed by atoms with E-state index in [1.165, 1.54) is 27.5 Å². The number of nitrogens with zero attached hydrogens (tertiary/aromatic N) is 4. The van der Waals surface area contributed by atoms with Crippen molar-refractivity contribution in [3.05, 3.63) is 77.4 Å². The molecule has 6 rings (SSSR count). The molecule has 2 aromatic carbocycles. The summed E-state index contributed by atoms with van der Waals surface area (Å²) in [6.45, 7) is 8.64. The van der Waals surface area contributed by atoms with Crippen LogP contribution in [0.15, 0.2) is 66.7 Å². The molecule has 2 N–H and O–H groups in total.